The molecule has 0 spiro atoms. The van der Waals surface area contributed by atoms with Gasteiger partial charge in [0.1, 0.15) is 17.4 Å². The summed E-state index contributed by atoms with van der Waals surface area (Å²) in [5, 5.41) is 15.1. The Morgan fingerprint density at radius 2 is 1.78 bits per heavy atom. The quantitative estimate of drug-likeness (QED) is 0.267. The topological polar surface area (TPSA) is 92.1 Å². The van der Waals surface area contributed by atoms with Gasteiger partial charge >= 0.3 is 0 Å². The molecule has 0 saturated heterocycles. The monoisotopic (exact) mass is 494 g/mol. The molecule has 2 aromatic carbocycles. The molecule has 0 bridgehead atoms. The standard InChI is InChI=1S/C28H19ClN4O3/c1-18-24(27(34)32(28(35)25(18)15-30)17-23-8-5-13-36-23)14-20-16-33(22-6-3-2-4-7-22)31-26(20)19-9-11-21(29)12-10-19/h2-14,16H,17H2,1H3/b24-14+. The zero-order chi connectivity index (χ0) is 25.2. The van der Waals surface area contributed by atoms with Crippen molar-refractivity contribution in [2.75, 3.05) is 0 Å². The van der Waals surface area contributed by atoms with E-state index in [1.54, 1.807) is 41.9 Å². The van der Waals surface area contributed by atoms with E-state index in [0.29, 0.717) is 27.6 Å². The highest BCUT2D eigenvalue weighted by Crippen LogP contribution is 2.32. The summed E-state index contributed by atoms with van der Waals surface area (Å²) in [6, 6.07) is 22.1. The zero-order valence-electron chi connectivity index (χ0n) is 19.2. The van der Waals surface area contributed by atoms with Crippen LogP contribution in [0.2, 0.25) is 5.02 Å². The Kier molecular flexibility index (Phi) is 6.11. The molecule has 0 radical (unpaired) electrons. The largest absolute Gasteiger partial charge is 0.467 e. The van der Waals surface area contributed by atoms with Gasteiger partial charge in [0.15, 0.2) is 0 Å². The smallest absolute Gasteiger partial charge is 0.272 e. The third kappa shape index (κ3) is 4.26. The van der Waals surface area contributed by atoms with E-state index in [0.717, 1.165) is 16.2 Å². The zero-order valence-corrected chi connectivity index (χ0v) is 19.9. The normalized spacial score (nSPS) is 15.0. The van der Waals surface area contributed by atoms with Crippen LogP contribution >= 0.6 is 11.6 Å². The highest BCUT2D eigenvalue weighted by Gasteiger charge is 2.36. The van der Waals surface area contributed by atoms with Crippen LogP contribution in [0.25, 0.3) is 23.0 Å². The number of imide groups is 1. The van der Waals surface area contributed by atoms with Crippen LogP contribution in [0.5, 0.6) is 0 Å². The Bertz CT molecular complexity index is 1560. The number of rotatable bonds is 5. The van der Waals surface area contributed by atoms with Crippen molar-refractivity contribution in [2.45, 2.75) is 13.5 Å². The van der Waals surface area contributed by atoms with Gasteiger partial charge in [-0.05, 0) is 55.0 Å². The second kappa shape index (κ2) is 9.53. The molecule has 2 aromatic heterocycles. The van der Waals surface area contributed by atoms with E-state index in [1.165, 1.54) is 6.26 Å². The molecule has 0 saturated carbocycles. The number of amides is 2. The van der Waals surface area contributed by atoms with Crippen molar-refractivity contribution in [1.29, 1.82) is 5.26 Å². The molecule has 0 atom stereocenters. The maximum absolute atomic E-state index is 13.5. The average Bonchev–Trinajstić information content (AvgIpc) is 3.56. The number of hydrogen-bond acceptors (Lipinski definition) is 5. The first-order chi connectivity index (χ1) is 17.5. The molecule has 0 unspecified atom stereocenters. The van der Waals surface area contributed by atoms with Crippen molar-refractivity contribution >= 4 is 29.5 Å². The van der Waals surface area contributed by atoms with Gasteiger partial charge in [0.25, 0.3) is 11.8 Å². The lowest BCUT2D eigenvalue weighted by atomic mass is 9.93. The van der Waals surface area contributed by atoms with Crippen molar-refractivity contribution in [3.8, 4) is 23.0 Å². The Balaban J connectivity index is 1.66. The van der Waals surface area contributed by atoms with Crippen LogP contribution in [0.15, 0.2) is 100 Å². The fourth-order valence-electron chi connectivity index (χ4n) is 4.03. The lowest BCUT2D eigenvalue weighted by Crippen LogP contribution is -2.42. The van der Waals surface area contributed by atoms with Crippen LogP contribution < -0.4 is 0 Å². The number of para-hydroxylation sites is 1. The summed E-state index contributed by atoms with van der Waals surface area (Å²) in [6.45, 7) is 1.53. The van der Waals surface area contributed by atoms with Gasteiger partial charge in [0.2, 0.25) is 0 Å². The highest BCUT2D eigenvalue weighted by molar-refractivity contribution is 6.30. The van der Waals surface area contributed by atoms with Crippen LogP contribution in [0.4, 0.5) is 0 Å². The summed E-state index contributed by atoms with van der Waals surface area (Å²) in [4.78, 5) is 27.5. The number of benzene rings is 2. The minimum Gasteiger partial charge on any atom is -0.467 e. The maximum Gasteiger partial charge on any atom is 0.272 e. The third-order valence-corrected chi connectivity index (χ3v) is 6.15. The van der Waals surface area contributed by atoms with Crippen molar-refractivity contribution in [1.82, 2.24) is 14.7 Å². The SMILES string of the molecule is CC1=C(C#N)C(=O)N(Cc2ccco2)C(=O)/C1=C/c1cn(-c2ccccc2)nc1-c1ccc(Cl)cc1. The number of nitrogens with zero attached hydrogens (tertiary/aromatic N) is 4. The van der Waals surface area contributed by atoms with Gasteiger partial charge in [-0.3, -0.25) is 14.5 Å². The first-order valence-electron chi connectivity index (χ1n) is 11.1. The molecule has 0 N–H and O–H groups in total. The molecule has 2 amide bonds. The number of carbonyl (C=O) groups is 2. The summed E-state index contributed by atoms with van der Waals surface area (Å²) in [7, 11) is 0. The number of halogens is 1. The number of furan rings is 1. The Labute approximate surface area is 212 Å². The molecule has 0 aliphatic carbocycles. The summed E-state index contributed by atoms with van der Waals surface area (Å²) in [5.74, 6) is -0.722. The predicted octanol–water partition coefficient (Wildman–Crippen LogP) is 5.58. The molecule has 5 rings (SSSR count). The first kappa shape index (κ1) is 23.1. The predicted molar refractivity (Wildman–Crippen MR) is 135 cm³/mol. The third-order valence-electron chi connectivity index (χ3n) is 5.90. The minimum absolute atomic E-state index is 0.0756. The number of nitriles is 1. The summed E-state index contributed by atoms with van der Waals surface area (Å²) in [5.41, 5.74) is 3.38. The molecule has 8 heteroatoms. The van der Waals surface area contributed by atoms with Crippen molar-refractivity contribution in [3.63, 3.8) is 0 Å². The molecule has 4 aromatic rings. The van der Waals surface area contributed by atoms with E-state index < -0.39 is 11.8 Å². The fraction of sp³-hybridized carbons (Fsp3) is 0.0714. The van der Waals surface area contributed by atoms with Crippen LogP contribution in [0.3, 0.4) is 0 Å². The number of aromatic nitrogens is 2. The van der Waals surface area contributed by atoms with Crippen molar-refractivity contribution in [2.24, 2.45) is 0 Å². The van der Waals surface area contributed by atoms with Crippen LogP contribution in [0, 0.1) is 11.3 Å². The molecule has 7 nitrogen and oxygen atoms in total. The minimum atomic E-state index is -0.647. The van der Waals surface area contributed by atoms with Gasteiger partial charge in [-0.1, -0.05) is 41.9 Å². The molecule has 1 aliphatic heterocycles. The molecule has 1 aliphatic rings. The van der Waals surface area contributed by atoms with Crippen molar-refractivity contribution in [3.05, 3.63) is 112 Å². The van der Waals surface area contributed by atoms with Crippen LogP contribution in [-0.2, 0) is 16.1 Å². The average molecular weight is 495 g/mol. The lowest BCUT2D eigenvalue weighted by Gasteiger charge is -2.26. The lowest BCUT2D eigenvalue weighted by molar-refractivity contribution is -0.141. The molecule has 0 fully saturated rings. The number of carbonyl (C=O) groups excluding carboxylic acids is 2. The highest BCUT2D eigenvalue weighted by atomic mass is 35.5. The Hall–Kier alpha value is -4.67. The van der Waals surface area contributed by atoms with Gasteiger partial charge in [0, 0.05) is 27.9 Å². The Morgan fingerprint density at radius 3 is 2.44 bits per heavy atom. The van der Waals surface area contributed by atoms with Crippen LogP contribution in [0.1, 0.15) is 18.2 Å². The van der Waals surface area contributed by atoms with Gasteiger partial charge in [0.05, 0.1) is 24.2 Å². The molecule has 3 heterocycles. The number of hydrogen-bond donors (Lipinski definition) is 0. The maximum atomic E-state index is 13.5. The Morgan fingerprint density at radius 1 is 1.03 bits per heavy atom. The molecule has 36 heavy (non-hydrogen) atoms. The second-order valence-corrected chi connectivity index (χ2v) is 8.60. The molecule has 176 valence electrons. The second-order valence-electron chi connectivity index (χ2n) is 8.17. The van der Waals surface area contributed by atoms with Gasteiger partial charge in [-0.2, -0.15) is 10.4 Å². The van der Waals surface area contributed by atoms with Gasteiger partial charge in [-0.25, -0.2) is 4.68 Å². The van der Waals surface area contributed by atoms with Crippen LogP contribution in [-0.4, -0.2) is 26.5 Å². The van der Waals surface area contributed by atoms with Crippen molar-refractivity contribution < 1.29 is 14.0 Å². The van der Waals surface area contributed by atoms with E-state index in [4.69, 9.17) is 21.1 Å². The summed E-state index contributed by atoms with van der Waals surface area (Å²) in [6.07, 6.45) is 4.95. The van der Waals surface area contributed by atoms with E-state index in [1.807, 2.05) is 54.7 Å². The van der Waals surface area contributed by atoms with E-state index in [9.17, 15) is 14.9 Å². The van der Waals surface area contributed by atoms with E-state index in [-0.39, 0.29) is 17.7 Å². The van der Waals surface area contributed by atoms with Gasteiger partial charge < -0.3 is 4.42 Å². The summed E-state index contributed by atoms with van der Waals surface area (Å²) >= 11 is 6.09. The first-order valence-corrected chi connectivity index (χ1v) is 11.5. The molecular weight excluding hydrogens is 476 g/mol. The van der Waals surface area contributed by atoms with E-state index >= 15 is 0 Å². The molecular formula is C28H19ClN4O3. The van der Waals surface area contributed by atoms with Gasteiger partial charge in [-0.15, -0.1) is 0 Å². The fourth-order valence-corrected chi connectivity index (χ4v) is 4.15. The van der Waals surface area contributed by atoms with E-state index in [2.05, 4.69) is 0 Å². The summed E-state index contributed by atoms with van der Waals surface area (Å²) < 4.78 is 7.05.